The molecule has 109 valence electrons. The van der Waals surface area contributed by atoms with Gasteiger partial charge >= 0.3 is 0 Å². The minimum absolute atomic E-state index is 0.00733. The van der Waals surface area contributed by atoms with Gasteiger partial charge in [0.2, 0.25) is 0 Å². The van der Waals surface area contributed by atoms with Crippen molar-refractivity contribution >= 4 is 5.91 Å². The molecule has 1 aromatic rings. The van der Waals surface area contributed by atoms with Crippen LogP contribution in [0.5, 0.6) is 5.75 Å². The quantitative estimate of drug-likeness (QED) is 0.912. The van der Waals surface area contributed by atoms with Crippen molar-refractivity contribution in [3.63, 3.8) is 0 Å². The molecule has 1 amide bonds. The molecule has 0 aliphatic heterocycles. The molecule has 0 saturated heterocycles. The van der Waals surface area contributed by atoms with Crippen molar-refractivity contribution in [1.29, 1.82) is 0 Å². The maximum Gasteiger partial charge on any atom is 0.251 e. The minimum atomic E-state index is -0.00733. The number of carbonyl (C=O) groups excluding carboxylic acids is 1. The largest absolute Gasteiger partial charge is 0.458 e. The van der Waals surface area contributed by atoms with E-state index < -0.39 is 0 Å². The lowest BCUT2D eigenvalue weighted by Gasteiger charge is -2.13. The highest BCUT2D eigenvalue weighted by Gasteiger charge is 2.18. The number of allylic oxidation sites excluding steroid dienone is 3. The van der Waals surface area contributed by atoms with Gasteiger partial charge in [-0.05, 0) is 56.0 Å². The maximum absolute atomic E-state index is 12.2. The highest BCUT2D eigenvalue weighted by atomic mass is 16.5. The van der Waals surface area contributed by atoms with Crippen LogP contribution in [0.3, 0.4) is 0 Å². The Morgan fingerprint density at radius 1 is 1.24 bits per heavy atom. The lowest BCUT2D eigenvalue weighted by Crippen LogP contribution is -2.32. The Morgan fingerprint density at radius 2 is 2.10 bits per heavy atom. The van der Waals surface area contributed by atoms with Crippen LogP contribution in [0, 0.1) is 6.42 Å². The molecule has 3 heteroatoms. The highest BCUT2D eigenvalue weighted by Crippen LogP contribution is 2.21. The van der Waals surface area contributed by atoms with Crippen molar-refractivity contribution in [3.05, 3.63) is 60.2 Å². The zero-order valence-electron chi connectivity index (χ0n) is 12.0. The van der Waals surface area contributed by atoms with E-state index in [4.69, 9.17) is 4.74 Å². The van der Waals surface area contributed by atoms with E-state index in [-0.39, 0.29) is 5.91 Å². The molecule has 2 aliphatic carbocycles. The van der Waals surface area contributed by atoms with E-state index in [1.807, 2.05) is 42.8 Å². The van der Waals surface area contributed by atoms with E-state index in [0.717, 1.165) is 25.0 Å². The normalized spacial score (nSPS) is 18.4. The summed E-state index contributed by atoms with van der Waals surface area (Å²) >= 11 is 0. The summed E-state index contributed by atoms with van der Waals surface area (Å²) in [4.78, 5) is 12.2. The van der Waals surface area contributed by atoms with Gasteiger partial charge < -0.3 is 10.1 Å². The average molecular weight is 282 g/mol. The minimum Gasteiger partial charge on any atom is -0.458 e. The summed E-state index contributed by atoms with van der Waals surface area (Å²) in [5.41, 5.74) is 0.656. The van der Waals surface area contributed by atoms with E-state index in [1.165, 1.54) is 12.8 Å². The van der Waals surface area contributed by atoms with Gasteiger partial charge in [0.05, 0.1) is 0 Å². The molecule has 2 aliphatic rings. The number of hydrogen-bond acceptors (Lipinski definition) is 2. The first-order valence-electron chi connectivity index (χ1n) is 7.60. The van der Waals surface area contributed by atoms with Crippen molar-refractivity contribution in [2.45, 2.75) is 38.1 Å². The Hall–Kier alpha value is -2.03. The van der Waals surface area contributed by atoms with Gasteiger partial charge in [0, 0.05) is 11.6 Å². The number of nitrogens with one attached hydrogen (secondary N) is 1. The second-order valence-corrected chi connectivity index (χ2v) is 5.53. The number of carbonyl (C=O) groups is 1. The topological polar surface area (TPSA) is 38.3 Å². The van der Waals surface area contributed by atoms with Crippen LogP contribution in [0.1, 0.15) is 42.5 Å². The fraction of sp³-hybridized carbons (Fsp3) is 0.333. The molecule has 0 unspecified atom stereocenters. The Morgan fingerprint density at radius 3 is 2.86 bits per heavy atom. The third-order valence-corrected chi connectivity index (χ3v) is 3.86. The van der Waals surface area contributed by atoms with Crippen molar-refractivity contribution in [2.24, 2.45) is 0 Å². The SMILES string of the molecule is O=C(NC1CCCC1)c1cccc(OC2=C[CH]CC=C2)c1. The monoisotopic (exact) mass is 282 g/mol. The lowest BCUT2D eigenvalue weighted by molar-refractivity contribution is 0.0937. The van der Waals surface area contributed by atoms with Gasteiger partial charge in [0.1, 0.15) is 11.5 Å². The van der Waals surface area contributed by atoms with Crippen molar-refractivity contribution in [3.8, 4) is 5.75 Å². The summed E-state index contributed by atoms with van der Waals surface area (Å²) in [6.07, 6.45) is 13.5. The number of hydrogen-bond donors (Lipinski definition) is 1. The summed E-state index contributed by atoms with van der Waals surface area (Å²) in [5.74, 6) is 1.49. The molecule has 21 heavy (non-hydrogen) atoms. The summed E-state index contributed by atoms with van der Waals surface area (Å²) in [6.45, 7) is 0. The van der Waals surface area contributed by atoms with Crippen LogP contribution in [0.2, 0.25) is 0 Å². The van der Waals surface area contributed by atoms with Gasteiger partial charge in [-0.3, -0.25) is 4.79 Å². The third kappa shape index (κ3) is 3.75. The molecule has 1 radical (unpaired) electrons. The van der Waals surface area contributed by atoms with Gasteiger partial charge in [0.15, 0.2) is 0 Å². The fourth-order valence-corrected chi connectivity index (χ4v) is 2.75. The standard InChI is InChI=1S/C18H20NO2/c20-18(19-15-8-4-5-9-15)14-7-6-12-17(13-14)21-16-10-2-1-3-11-16/h2-3,6-7,10-13,15H,1,4-5,8-9H2,(H,19,20). The van der Waals surface area contributed by atoms with E-state index >= 15 is 0 Å². The molecular weight excluding hydrogens is 262 g/mol. The molecule has 0 spiro atoms. The van der Waals surface area contributed by atoms with Gasteiger partial charge in [0.25, 0.3) is 5.91 Å². The maximum atomic E-state index is 12.2. The van der Waals surface area contributed by atoms with Crippen molar-refractivity contribution < 1.29 is 9.53 Å². The summed E-state index contributed by atoms with van der Waals surface area (Å²) in [6, 6.07) is 7.69. The molecule has 0 atom stereocenters. The molecule has 0 aromatic heterocycles. The molecule has 1 fully saturated rings. The van der Waals surface area contributed by atoms with Crippen LogP contribution in [-0.4, -0.2) is 11.9 Å². The Balaban J connectivity index is 1.65. The number of ether oxygens (including phenoxy) is 1. The van der Waals surface area contributed by atoms with E-state index in [2.05, 4.69) is 5.32 Å². The van der Waals surface area contributed by atoms with Crippen LogP contribution < -0.4 is 10.1 Å². The molecule has 3 nitrogen and oxygen atoms in total. The Bertz CT molecular complexity index is 568. The molecule has 0 bridgehead atoms. The van der Waals surface area contributed by atoms with Crippen LogP contribution in [0.4, 0.5) is 0 Å². The van der Waals surface area contributed by atoms with E-state index in [1.54, 1.807) is 6.07 Å². The third-order valence-electron chi connectivity index (χ3n) is 3.86. The second-order valence-electron chi connectivity index (χ2n) is 5.53. The van der Waals surface area contributed by atoms with Gasteiger partial charge in [-0.2, -0.15) is 0 Å². The smallest absolute Gasteiger partial charge is 0.251 e. The van der Waals surface area contributed by atoms with Crippen LogP contribution in [0.25, 0.3) is 0 Å². The van der Waals surface area contributed by atoms with Crippen molar-refractivity contribution in [1.82, 2.24) is 5.32 Å². The first kappa shape index (κ1) is 13.9. The number of amides is 1. The van der Waals surface area contributed by atoms with Crippen molar-refractivity contribution in [2.75, 3.05) is 0 Å². The summed E-state index contributed by atoms with van der Waals surface area (Å²) in [7, 11) is 0. The van der Waals surface area contributed by atoms with Crippen LogP contribution in [0.15, 0.2) is 48.3 Å². The summed E-state index contributed by atoms with van der Waals surface area (Å²) in [5, 5.41) is 3.10. The molecule has 1 aromatic carbocycles. The zero-order valence-corrected chi connectivity index (χ0v) is 12.0. The number of benzene rings is 1. The zero-order chi connectivity index (χ0) is 14.5. The lowest BCUT2D eigenvalue weighted by atomic mass is 10.1. The Labute approximate surface area is 125 Å². The predicted molar refractivity (Wildman–Crippen MR) is 82.9 cm³/mol. The average Bonchev–Trinajstić information content (AvgIpc) is 3.01. The van der Waals surface area contributed by atoms with Gasteiger partial charge in [-0.15, -0.1) is 0 Å². The number of rotatable bonds is 4. The van der Waals surface area contributed by atoms with Crippen LogP contribution >= 0.6 is 0 Å². The molecule has 1 N–H and O–H groups in total. The van der Waals surface area contributed by atoms with E-state index in [0.29, 0.717) is 17.4 Å². The van der Waals surface area contributed by atoms with Gasteiger partial charge in [-0.1, -0.05) is 25.0 Å². The second kappa shape index (κ2) is 6.61. The first-order chi connectivity index (χ1) is 10.3. The fourth-order valence-electron chi connectivity index (χ4n) is 2.75. The summed E-state index contributed by atoms with van der Waals surface area (Å²) < 4.78 is 5.78. The van der Waals surface area contributed by atoms with E-state index in [9.17, 15) is 4.79 Å². The Kier molecular flexibility index (Phi) is 4.39. The first-order valence-corrected chi connectivity index (χ1v) is 7.60. The molecule has 3 rings (SSSR count). The predicted octanol–water partition coefficient (Wildman–Crippen LogP) is 3.79. The molecular formula is C18H20NO2. The van der Waals surface area contributed by atoms with Gasteiger partial charge in [-0.25, -0.2) is 0 Å². The molecule has 1 saturated carbocycles. The molecule has 0 heterocycles. The highest BCUT2D eigenvalue weighted by molar-refractivity contribution is 5.94. The van der Waals surface area contributed by atoms with Crippen LogP contribution in [-0.2, 0) is 0 Å².